The third kappa shape index (κ3) is 3.77. The smallest absolute Gasteiger partial charge is 0.220 e. The van der Waals surface area contributed by atoms with Crippen molar-refractivity contribution in [1.29, 1.82) is 0 Å². The van der Waals surface area contributed by atoms with Crippen LogP contribution in [0.1, 0.15) is 51.4 Å². The second-order valence-electron chi connectivity index (χ2n) is 7.66. The van der Waals surface area contributed by atoms with Crippen molar-refractivity contribution in [2.24, 2.45) is 28.3 Å². The second-order valence-corrected chi connectivity index (χ2v) is 9.40. The molecular formula is C15H26N2O3S. The van der Waals surface area contributed by atoms with Gasteiger partial charge in [0.1, 0.15) is 0 Å². The van der Waals surface area contributed by atoms with Crippen LogP contribution < -0.4 is 10.5 Å². The van der Waals surface area contributed by atoms with Crippen molar-refractivity contribution in [3.63, 3.8) is 0 Å². The maximum absolute atomic E-state index is 11.9. The topological polar surface area (TPSA) is 89.3 Å². The zero-order valence-electron chi connectivity index (χ0n) is 12.5. The molecule has 0 radical (unpaired) electrons. The first kappa shape index (κ1) is 15.3. The van der Waals surface area contributed by atoms with Gasteiger partial charge in [-0.25, -0.2) is 13.6 Å². The van der Waals surface area contributed by atoms with Crippen LogP contribution in [0.25, 0.3) is 0 Å². The van der Waals surface area contributed by atoms with Crippen molar-refractivity contribution >= 4 is 15.9 Å². The molecule has 0 atom stereocenters. The van der Waals surface area contributed by atoms with Gasteiger partial charge in [-0.3, -0.25) is 4.79 Å². The molecule has 0 saturated heterocycles. The Morgan fingerprint density at radius 3 is 2.10 bits per heavy atom. The zero-order chi connectivity index (χ0) is 15.1. The van der Waals surface area contributed by atoms with E-state index in [1.807, 2.05) is 0 Å². The van der Waals surface area contributed by atoms with Crippen molar-refractivity contribution in [3.05, 3.63) is 0 Å². The molecule has 0 spiro atoms. The van der Waals surface area contributed by atoms with Crippen molar-refractivity contribution in [2.75, 3.05) is 12.3 Å². The average Bonchev–Trinajstić information content (AvgIpc) is 2.33. The van der Waals surface area contributed by atoms with E-state index in [-0.39, 0.29) is 18.1 Å². The third-order valence-electron chi connectivity index (χ3n) is 5.66. The van der Waals surface area contributed by atoms with Crippen molar-refractivity contribution in [1.82, 2.24) is 5.32 Å². The third-order valence-corrected chi connectivity index (χ3v) is 6.52. The summed E-state index contributed by atoms with van der Waals surface area (Å²) in [5, 5.41) is 7.99. The van der Waals surface area contributed by atoms with Gasteiger partial charge in [0.15, 0.2) is 0 Å². The van der Waals surface area contributed by atoms with Gasteiger partial charge in [0.05, 0.1) is 5.75 Å². The Kier molecular flexibility index (Phi) is 4.03. The van der Waals surface area contributed by atoms with Crippen LogP contribution in [0.3, 0.4) is 0 Å². The molecule has 0 aromatic heterocycles. The summed E-state index contributed by atoms with van der Waals surface area (Å²) in [6.07, 6.45) is 8.60. The van der Waals surface area contributed by atoms with Gasteiger partial charge < -0.3 is 5.32 Å². The van der Waals surface area contributed by atoms with E-state index in [4.69, 9.17) is 5.14 Å². The highest BCUT2D eigenvalue weighted by Gasteiger charge is 2.50. The molecule has 0 aliphatic heterocycles. The molecule has 4 aliphatic carbocycles. The average molecular weight is 314 g/mol. The van der Waals surface area contributed by atoms with Crippen LogP contribution in [0.15, 0.2) is 0 Å². The lowest BCUT2D eigenvalue weighted by Crippen LogP contribution is -2.51. The van der Waals surface area contributed by atoms with Gasteiger partial charge in [0.25, 0.3) is 0 Å². The fourth-order valence-electron chi connectivity index (χ4n) is 5.31. The number of hydrogen-bond donors (Lipinski definition) is 2. The minimum Gasteiger partial charge on any atom is -0.356 e. The van der Waals surface area contributed by atoms with Crippen molar-refractivity contribution in [3.8, 4) is 0 Å². The largest absolute Gasteiger partial charge is 0.356 e. The molecule has 4 rings (SSSR count). The predicted octanol–water partition coefficient (Wildman–Crippen LogP) is 1.39. The van der Waals surface area contributed by atoms with Gasteiger partial charge >= 0.3 is 0 Å². The van der Waals surface area contributed by atoms with E-state index in [0.717, 1.165) is 24.3 Å². The highest BCUT2D eigenvalue weighted by atomic mass is 32.2. The Hall–Kier alpha value is -0.620. The van der Waals surface area contributed by atoms with E-state index >= 15 is 0 Å². The van der Waals surface area contributed by atoms with Gasteiger partial charge in [-0.15, -0.1) is 0 Å². The molecule has 120 valence electrons. The van der Waals surface area contributed by atoms with E-state index in [1.54, 1.807) is 0 Å². The van der Waals surface area contributed by atoms with Crippen LogP contribution in [-0.2, 0) is 14.8 Å². The fraction of sp³-hybridized carbons (Fsp3) is 0.933. The van der Waals surface area contributed by atoms with Gasteiger partial charge in [-0.05, 0) is 68.1 Å². The van der Waals surface area contributed by atoms with E-state index in [0.29, 0.717) is 11.8 Å². The lowest BCUT2D eigenvalue weighted by Gasteiger charge is -2.56. The molecule has 5 nitrogen and oxygen atoms in total. The summed E-state index contributed by atoms with van der Waals surface area (Å²) < 4.78 is 21.7. The molecular weight excluding hydrogens is 288 g/mol. The highest BCUT2D eigenvalue weighted by Crippen LogP contribution is 2.59. The quantitative estimate of drug-likeness (QED) is 0.776. The number of sulfonamides is 1. The van der Waals surface area contributed by atoms with Crippen LogP contribution >= 0.6 is 0 Å². The molecule has 4 aliphatic rings. The molecule has 0 heterocycles. The first-order valence-corrected chi connectivity index (χ1v) is 9.82. The Labute approximate surface area is 127 Å². The lowest BCUT2D eigenvalue weighted by atomic mass is 9.49. The second kappa shape index (κ2) is 5.54. The van der Waals surface area contributed by atoms with E-state index in [2.05, 4.69) is 5.32 Å². The van der Waals surface area contributed by atoms with Crippen LogP contribution in [0.5, 0.6) is 0 Å². The minimum absolute atomic E-state index is 0.0330. The van der Waals surface area contributed by atoms with Gasteiger partial charge in [0, 0.05) is 13.0 Å². The summed E-state index contributed by atoms with van der Waals surface area (Å²) in [5.41, 5.74) is 0.338. The number of carbonyl (C=O) groups is 1. The van der Waals surface area contributed by atoms with Crippen molar-refractivity contribution < 1.29 is 13.2 Å². The summed E-state index contributed by atoms with van der Waals surface area (Å²) in [7, 11) is -3.45. The first-order valence-electron chi connectivity index (χ1n) is 8.11. The maximum Gasteiger partial charge on any atom is 0.220 e. The molecule has 4 saturated carbocycles. The van der Waals surface area contributed by atoms with E-state index in [1.165, 1.54) is 38.5 Å². The number of rotatable bonds is 6. The number of nitrogens with two attached hydrogens (primary N) is 1. The predicted molar refractivity (Wildman–Crippen MR) is 80.8 cm³/mol. The molecule has 21 heavy (non-hydrogen) atoms. The Morgan fingerprint density at radius 2 is 1.62 bits per heavy atom. The Bertz CT molecular complexity index is 480. The number of hydrogen-bond acceptors (Lipinski definition) is 3. The van der Waals surface area contributed by atoms with Gasteiger partial charge in [0.2, 0.25) is 15.9 Å². The summed E-state index contributed by atoms with van der Waals surface area (Å²) in [4.78, 5) is 11.9. The van der Waals surface area contributed by atoms with Crippen molar-refractivity contribution in [2.45, 2.75) is 51.4 Å². The summed E-state index contributed by atoms with van der Waals surface area (Å²) in [6.45, 7) is 0.782. The van der Waals surface area contributed by atoms with Crippen LogP contribution in [0, 0.1) is 23.2 Å². The number of nitrogens with one attached hydrogen (secondary N) is 1. The first-order chi connectivity index (χ1) is 9.84. The standard InChI is InChI=1S/C15H26N2O3S/c16-21(19,20)3-1-2-14(18)17-10-15-7-11-4-12(8-15)6-13(5-11)9-15/h11-13H,1-10H2,(H,17,18)(H2,16,19,20). The molecule has 0 unspecified atom stereocenters. The van der Waals surface area contributed by atoms with E-state index in [9.17, 15) is 13.2 Å². The summed E-state index contributed by atoms with van der Waals surface area (Å²) in [6, 6.07) is 0. The van der Waals surface area contributed by atoms with Crippen LogP contribution in [0.2, 0.25) is 0 Å². The lowest BCUT2D eigenvalue weighted by molar-refractivity contribution is -0.123. The highest BCUT2D eigenvalue weighted by molar-refractivity contribution is 7.89. The monoisotopic (exact) mass is 314 g/mol. The van der Waals surface area contributed by atoms with Crippen LogP contribution in [-0.4, -0.2) is 26.6 Å². The maximum atomic E-state index is 11.9. The molecule has 1 amide bonds. The molecule has 4 bridgehead atoms. The molecule has 4 fully saturated rings. The Morgan fingerprint density at radius 1 is 1.10 bits per heavy atom. The van der Waals surface area contributed by atoms with Gasteiger partial charge in [-0.1, -0.05) is 0 Å². The number of amides is 1. The zero-order valence-corrected chi connectivity index (χ0v) is 13.3. The Balaban J connectivity index is 1.46. The molecule has 3 N–H and O–H groups in total. The molecule has 0 aromatic carbocycles. The summed E-state index contributed by atoms with van der Waals surface area (Å²) in [5.74, 6) is 2.51. The SMILES string of the molecule is NS(=O)(=O)CCCC(=O)NCC12CC3CC(CC(C3)C1)C2. The van der Waals surface area contributed by atoms with Gasteiger partial charge in [-0.2, -0.15) is 0 Å². The van der Waals surface area contributed by atoms with Crippen LogP contribution in [0.4, 0.5) is 0 Å². The minimum atomic E-state index is -3.45. The van der Waals surface area contributed by atoms with E-state index < -0.39 is 10.0 Å². The number of carbonyl (C=O) groups excluding carboxylic acids is 1. The summed E-state index contributed by atoms with van der Waals surface area (Å²) >= 11 is 0. The molecule has 6 heteroatoms. The number of primary sulfonamides is 1. The fourth-order valence-corrected chi connectivity index (χ4v) is 5.86. The normalized spacial score (nSPS) is 37.7. The molecule has 0 aromatic rings.